The molecule has 1 saturated heterocycles. The van der Waals surface area contributed by atoms with Crippen molar-refractivity contribution in [3.8, 4) is 0 Å². The predicted molar refractivity (Wildman–Crippen MR) is 87.8 cm³/mol. The first-order valence-electron chi connectivity index (χ1n) is 7.39. The fourth-order valence-corrected chi connectivity index (χ4v) is 2.84. The Morgan fingerprint density at radius 3 is 2.70 bits per heavy atom. The number of carbonyl (C=O) groups is 2. The maximum atomic E-state index is 13.1. The van der Waals surface area contributed by atoms with Crippen molar-refractivity contribution >= 4 is 27.9 Å². The summed E-state index contributed by atoms with van der Waals surface area (Å²) in [6, 6.07) is 3.76. The van der Waals surface area contributed by atoms with Crippen molar-refractivity contribution in [2.45, 2.75) is 38.8 Å². The molecule has 1 aromatic carbocycles. The Bertz CT molecular complexity index is 616. The Balaban J connectivity index is 1.92. The van der Waals surface area contributed by atoms with Crippen molar-refractivity contribution < 1.29 is 18.7 Å². The first-order valence-corrected chi connectivity index (χ1v) is 8.19. The molecule has 1 atom stereocenters. The molecule has 23 heavy (non-hydrogen) atoms. The maximum absolute atomic E-state index is 13.1. The summed E-state index contributed by atoms with van der Waals surface area (Å²) in [5.41, 5.74) is -0.181. The Morgan fingerprint density at radius 2 is 2.09 bits per heavy atom. The molecular formula is C16H20BrFN2O3. The minimum Gasteiger partial charge on any atom is -0.444 e. The summed E-state index contributed by atoms with van der Waals surface area (Å²) in [6.45, 7) is 6.37. The van der Waals surface area contributed by atoms with Crippen LogP contribution in [-0.4, -0.2) is 41.6 Å². The van der Waals surface area contributed by atoms with Crippen LogP contribution in [0.4, 0.5) is 9.18 Å². The second kappa shape index (κ2) is 6.86. The highest BCUT2D eigenvalue weighted by molar-refractivity contribution is 9.10. The summed E-state index contributed by atoms with van der Waals surface area (Å²) in [7, 11) is 0. The molecule has 0 radical (unpaired) electrons. The molecule has 1 heterocycles. The molecule has 0 spiro atoms. The lowest BCUT2D eigenvalue weighted by atomic mass is 10.2. The van der Waals surface area contributed by atoms with Gasteiger partial charge in [-0.05, 0) is 61.3 Å². The minimum absolute atomic E-state index is 0.146. The van der Waals surface area contributed by atoms with Gasteiger partial charge in [-0.2, -0.15) is 0 Å². The molecule has 1 fully saturated rings. The Kier molecular flexibility index (Phi) is 5.29. The van der Waals surface area contributed by atoms with Gasteiger partial charge in [0.25, 0.3) is 5.91 Å². The highest BCUT2D eigenvalue weighted by atomic mass is 79.9. The molecule has 2 rings (SSSR count). The van der Waals surface area contributed by atoms with Crippen LogP contribution in [0.1, 0.15) is 37.6 Å². The average Bonchev–Trinajstić information content (AvgIpc) is 2.85. The van der Waals surface area contributed by atoms with E-state index in [2.05, 4.69) is 21.2 Å². The lowest BCUT2D eigenvalue weighted by Crippen LogP contribution is -2.40. The molecule has 0 aromatic heterocycles. The number of ether oxygens (including phenoxy) is 1. The van der Waals surface area contributed by atoms with Gasteiger partial charge in [-0.1, -0.05) is 0 Å². The van der Waals surface area contributed by atoms with Crippen LogP contribution >= 0.6 is 15.9 Å². The van der Waals surface area contributed by atoms with Crippen molar-refractivity contribution in [1.29, 1.82) is 0 Å². The van der Waals surface area contributed by atoms with E-state index in [-0.39, 0.29) is 18.0 Å². The highest BCUT2D eigenvalue weighted by Gasteiger charge is 2.30. The van der Waals surface area contributed by atoms with E-state index in [4.69, 9.17) is 4.74 Å². The normalized spacial score (nSPS) is 18.0. The third kappa shape index (κ3) is 4.92. The minimum atomic E-state index is -0.544. The van der Waals surface area contributed by atoms with E-state index >= 15 is 0 Å². The fourth-order valence-electron chi connectivity index (χ4n) is 2.31. The van der Waals surface area contributed by atoms with Gasteiger partial charge in [0.1, 0.15) is 11.4 Å². The molecule has 1 aliphatic rings. The average molecular weight is 387 g/mol. The van der Waals surface area contributed by atoms with Gasteiger partial charge in [0.05, 0.1) is 5.56 Å². The van der Waals surface area contributed by atoms with E-state index in [0.717, 1.165) is 0 Å². The zero-order valence-corrected chi connectivity index (χ0v) is 14.9. The van der Waals surface area contributed by atoms with Crippen LogP contribution in [0.3, 0.4) is 0 Å². The molecule has 1 unspecified atom stereocenters. The van der Waals surface area contributed by atoms with Gasteiger partial charge in [-0.15, -0.1) is 0 Å². The van der Waals surface area contributed by atoms with E-state index in [1.165, 1.54) is 18.2 Å². The van der Waals surface area contributed by atoms with Crippen molar-refractivity contribution in [2.75, 3.05) is 13.1 Å². The molecule has 0 saturated carbocycles. The third-order valence-electron chi connectivity index (χ3n) is 3.35. The number of likely N-dealkylation sites (tertiary alicyclic amines) is 1. The van der Waals surface area contributed by atoms with E-state index in [9.17, 15) is 14.0 Å². The molecule has 1 aromatic rings. The smallest absolute Gasteiger partial charge is 0.410 e. The molecular weight excluding hydrogens is 367 g/mol. The van der Waals surface area contributed by atoms with E-state index in [0.29, 0.717) is 29.5 Å². The Labute approximate surface area is 143 Å². The van der Waals surface area contributed by atoms with E-state index < -0.39 is 11.4 Å². The summed E-state index contributed by atoms with van der Waals surface area (Å²) < 4.78 is 18.8. The van der Waals surface area contributed by atoms with Crippen LogP contribution < -0.4 is 5.32 Å². The largest absolute Gasteiger partial charge is 0.444 e. The van der Waals surface area contributed by atoms with E-state index in [1.807, 2.05) is 20.8 Å². The SMILES string of the molecule is CC(C)(C)OC(=O)N1CCC(NC(=O)c2ccc(F)cc2Br)C1. The van der Waals surface area contributed by atoms with Gasteiger partial charge < -0.3 is 15.0 Å². The molecule has 1 aliphatic heterocycles. The van der Waals surface area contributed by atoms with Gasteiger partial charge in [0.15, 0.2) is 0 Å². The van der Waals surface area contributed by atoms with Crippen molar-refractivity contribution in [2.24, 2.45) is 0 Å². The first-order chi connectivity index (χ1) is 10.7. The second-order valence-electron chi connectivity index (χ2n) is 6.51. The lowest BCUT2D eigenvalue weighted by Gasteiger charge is -2.24. The van der Waals surface area contributed by atoms with Crippen molar-refractivity contribution in [3.05, 3.63) is 34.1 Å². The number of hydrogen-bond donors (Lipinski definition) is 1. The number of rotatable bonds is 2. The quantitative estimate of drug-likeness (QED) is 0.847. The maximum Gasteiger partial charge on any atom is 0.410 e. The summed E-state index contributed by atoms with van der Waals surface area (Å²) in [5.74, 6) is -0.710. The van der Waals surface area contributed by atoms with Crippen LogP contribution in [0.2, 0.25) is 0 Å². The predicted octanol–water partition coefficient (Wildman–Crippen LogP) is 3.33. The van der Waals surface area contributed by atoms with Crippen LogP contribution in [0.15, 0.2) is 22.7 Å². The molecule has 7 heteroatoms. The molecule has 2 amide bonds. The number of benzene rings is 1. The Morgan fingerprint density at radius 1 is 1.39 bits per heavy atom. The van der Waals surface area contributed by atoms with Crippen molar-refractivity contribution in [1.82, 2.24) is 10.2 Å². The van der Waals surface area contributed by atoms with Gasteiger partial charge in [-0.3, -0.25) is 4.79 Å². The third-order valence-corrected chi connectivity index (χ3v) is 4.01. The topological polar surface area (TPSA) is 58.6 Å². The fraction of sp³-hybridized carbons (Fsp3) is 0.500. The molecule has 126 valence electrons. The van der Waals surface area contributed by atoms with Crippen LogP contribution in [-0.2, 0) is 4.74 Å². The number of nitrogens with zero attached hydrogens (tertiary/aromatic N) is 1. The second-order valence-corrected chi connectivity index (χ2v) is 7.36. The molecule has 0 bridgehead atoms. The molecule has 1 N–H and O–H groups in total. The van der Waals surface area contributed by atoms with Gasteiger partial charge in [-0.25, -0.2) is 9.18 Å². The van der Waals surface area contributed by atoms with Crippen LogP contribution in [0.25, 0.3) is 0 Å². The standard InChI is InChI=1S/C16H20BrFN2O3/c1-16(2,3)23-15(22)20-7-6-11(9-20)19-14(21)12-5-4-10(18)8-13(12)17/h4-5,8,11H,6-7,9H2,1-3H3,(H,19,21). The number of halogens is 2. The summed E-state index contributed by atoms with van der Waals surface area (Å²) in [5, 5.41) is 2.86. The number of carbonyl (C=O) groups excluding carboxylic acids is 2. The van der Waals surface area contributed by atoms with Crippen LogP contribution in [0, 0.1) is 5.82 Å². The number of amides is 2. The zero-order valence-electron chi connectivity index (χ0n) is 13.4. The van der Waals surface area contributed by atoms with Gasteiger partial charge in [0, 0.05) is 23.6 Å². The Hall–Kier alpha value is -1.63. The number of hydrogen-bond acceptors (Lipinski definition) is 3. The lowest BCUT2D eigenvalue weighted by molar-refractivity contribution is 0.0290. The summed E-state index contributed by atoms with van der Waals surface area (Å²) in [6.07, 6.45) is 0.279. The zero-order chi connectivity index (χ0) is 17.2. The van der Waals surface area contributed by atoms with Crippen LogP contribution in [0.5, 0.6) is 0 Å². The first kappa shape index (κ1) is 17.7. The van der Waals surface area contributed by atoms with Gasteiger partial charge >= 0.3 is 6.09 Å². The highest BCUT2D eigenvalue weighted by Crippen LogP contribution is 2.19. The summed E-state index contributed by atoms with van der Waals surface area (Å²) >= 11 is 3.18. The monoisotopic (exact) mass is 386 g/mol. The molecule has 5 nitrogen and oxygen atoms in total. The van der Waals surface area contributed by atoms with Gasteiger partial charge in [0.2, 0.25) is 0 Å². The van der Waals surface area contributed by atoms with Crippen molar-refractivity contribution in [3.63, 3.8) is 0 Å². The number of nitrogens with one attached hydrogen (secondary N) is 1. The van der Waals surface area contributed by atoms with E-state index in [1.54, 1.807) is 4.90 Å². The summed E-state index contributed by atoms with van der Waals surface area (Å²) in [4.78, 5) is 25.8. The molecule has 0 aliphatic carbocycles.